The first kappa shape index (κ1) is 21.1. The monoisotopic (exact) mass is 419 g/mol. The van der Waals surface area contributed by atoms with Gasteiger partial charge in [0.25, 0.3) is 5.91 Å². The van der Waals surface area contributed by atoms with Crippen molar-refractivity contribution in [1.29, 1.82) is 0 Å². The number of amides is 1. The van der Waals surface area contributed by atoms with Crippen LogP contribution in [-0.2, 0) is 13.2 Å². The van der Waals surface area contributed by atoms with Crippen LogP contribution >= 0.6 is 0 Å². The number of hydrogen-bond donors (Lipinski definition) is 0. The van der Waals surface area contributed by atoms with Crippen molar-refractivity contribution in [2.45, 2.75) is 33.9 Å². The topological polar surface area (TPSA) is 58.8 Å². The van der Waals surface area contributed by atoms with E-state index in [1.165, 1.54) is 11.1 Å². The van der Waals surface area contributed by atoms with Crippen LogP contribution in [0.25, 0.3) is 0 Å². The lowest BCUT2D eigenvalue weighted by Gasteiger charge is -2.34. The third kappa shape index (κ3) is 4.97. The summed E-state index contributed by atoms with van der Waals surface area (Å²) >= 11 is 0. The molecule has 1 saturated heterocycles. The molecule has 31 heavy (non-hydrogen) atoms. The van der Waals surface area contributed by atoms with Gasteiger partial charge in [0.2, 0.25) is 0 Å². The molecule has 2 heterocycles. The van der Waals surface area contributed by atoms with E-state index >= 15 is 0 Å². The van der Waals surface area contributed by atoms with Gasteiger partial charge in [0.05, 0.1) is 5.56 Å². The van der Waals surface area contributed by atoms with E-state index in [0.29, 0.717) is 24.5 Å². The Bertz CT molecular complexity index is 1030. The molecule has 1 aromatic heterocycles. The number of ether oxygens (including phenoxy) is 1. The molecule has 0 aliphatic carbocycles. The van der Waals surface area contributed by atoms with Crippen LogP contribution in [0.4, 0.5) is 0 Å². The number of piperazine rings is 1. The van der Waals surface area contributed by atoms with Gasteiger partial charge in [-0.25, -0.2) is 0 Å². The average Bonchev–Trinajstić information content (AvgIpc) is 3.15. The van der Waals surface area contributed by atoms with Gasteiger partial charge in [-0.1, -0.05) is 53.2 Å². The number of rotatable bonds is 6. The van der Waals surface area contributed by atoms with Crippen LogP contribution in [0.15, 0.2) is 53.1 Å². The minimum atomic E-state index is -0.0878. The van der Waals surface area contributed by atoms with Gasteiger partial charge < -0.3 is 14.2 Å². The Balaban J connectivity index is 1.37. The van der Waals surface area contributed by atoms with E-state index < -0.39 is 0 Å². The lowest BCUT2D eigenvalue weighted by atomic mass is 10.1. The standard InChI is InChI=1S/C25H29N3O3/c1-18-8-10-21(11-9-18)16-27-12-14-28(15-13-27)25(29)24-22(20(3)31-26-24)17-30-23-7-5-4-6-19(23)2/h4-11H,12-17H2,1-3H3. The second-order valence-electron chi connectivity index (χ2n) is 8.17. The number of aromatic nitrogens is 1. The van der Waals surface area contributed by atoms with Crippen molar-refractivity contribution in [3.8, 4) is 5.75 Å². The number of aryl methyl sites for hydroxylation is 3. The van der Waals surface area contributed by atoms with Gasteiger partial charge in [0.15, 0.2) is 5.69 Å². The zero-order chi connectivity index (χ0) is 21.8. The molecule has 6 nitrogen and oxygen atoms in total. The molecule has 0 spiro atoms. The van der Waals surface area contributed by atoms with E-state index in [0.717, 1.165) is 36.5 Å². The molecular weight excluding hydrogens is 390 g/mol. The zero-order valence-corrected chi connectivity index (χ0v) is 18.4. The molecule has 162 valence electrons. The molecule has 0 bridgehead atoms. The maximum atomic E-state index is 13.1. The molecule has 1 aliphatic rings. The highest BCUT2D eigenvalue weighted by Crippen LogP contribution is 2.22. The first-order chi connectivity index (χ1) is 15.0. The van der Waals surface area contributed by atoms with Crippen molar-refractivity contribution >= 4 is 5.91 Å². The molecule has 1 fully saturated rings. The molecule has 4 rings (SSSR count). The number of hydrogen-bond acceptors (Lipinski definition) is 5. The summed E-state index contributed by atoms with van der Waals surface area (Å²) in [6.45, 7) is 10.1. The summed E-state index contributed by atoms with van der Waals surface area (Å²) in [5, 5.41) is 4.06. The van der Waals surface area contributed by atoms with Crippen LogP contribution in [0.2, 0.25) is 0 Å². The maximum absolute atomic E-state index is 13.1. The highest BCUT2D eigenvalue weighted by molar-refractivity contribution is 5.93. The molecule has 1 aliphatic heterocycles. The smallest absolute Gasteiger partial charge is 0.276 e. The number of carbonyl (C=O) groups excluding carboxylic acids is 1. The third-order valence-electron chi connectivity index (χ3n) is 5.84. The fourth-order valence-corrected chi connectivity index (χ4v) is 3.81. The Kier molecular flexibility index (Phi) is 6.37. The Morgan fingerprint density at radius 2 is 1.71 bits per heavy atom. The number of benzene rings is 2. The molecule has 0 unspecified atom stereocenters. The number of carbonyl (C=O) groups is 1. The Labute approximate surface area is 183 Å². The minimum absolute atomic E-state index is 0.0878. The predicted molar refractivity (Wildman–Crippen MR) is 119 cm³/mol. The van der Waals surface area contributed by atoms with Gasteiger partial charge in [0, 0.05) is 32.7 Å². The van der Waals surface area contributed by atoms with Crippen LogP contribution in [0.3, 0.4) is 0 Å². The second kappa shape index (κ2) is 9.35. The van der Waals surface area contributed by atoms with Gasteiger partial charge in [-0.15, -0.1) is 0 Å². The van der Waals surface area contributed by atoms with Gasteiger partial charge in [-0.2, -0.15) is 0 Å². The van der Waals surface area contributed by atoms with Gasteiger partial charge in [-0.05, 0) is 38.0 Å². The molecule has 0 saturated carbocycles. The summed E-state index contributed by atoms with van der Waals surface area (Å²) in [7, 11) is 0. The Morgan fingerprint density at radius 1 is 1.00 bits per heavy atom. The summed E-state index contributed by atoms with van der Waals surface area (Å²) in [6.07, 6.45) is 0. The quantitative estimate of drug-likeness (QED) is 0.601. The summed E-state index contributed by atoms with van der Waals surface area (Å²) < 4.78 is 11.3. The zero-order valence-electron chi connectivity index (χ0n) is 18.4. The van der Waals surface area contributed by atoms with Crippen molar-refractivity contribution in [3.05, 3.63) is 82.2 Å². The van der Waals surface area contributed by atoms with Crippen molar-refractivity contribution in [2.75, 3.05) is 26.2 Å². The minimum Gasteiger partial charge on any atom is -0.488 e. The molecule has 0 atom stereocenters. The van der Waals surface area contributed by atoms with E-state index in [2.05, 4.69) is 41.2 Å². The molecule has 6 heteroatoms. The fourth-order valence-electron chi connectivity index (χ4n) is 3.81. The normalized spacial score (nSPS) is 14.6. The van der Waals surface area contributed by atoms with E-state index in [-0.39, 0.29) is 12.5 Å². The van der Waals surface area contributed by atoms with Gasteiger partial charge in [0.1, 0.15) is 18.1 Å². The van der Waals surface area contributed by atoms with E-state index in [9.17, 15) is 4.79 Å². The maximum Gasteiger partial charge on any atom is 0.276 e. The fraction of sp³-hybridized carbons (Fsp3) is 0.360. The summed E-state index contributed by atoms with van der Waals surface area (Å²) in [6, 6.07) is 16.5. The lowest BCUT2D eigenvalue weighted by molar-refractivity contribution is 0.0616. The van der Waals surface area contributed by atoms with E-state index in [1.807, 2.05) is 43.0 Å². The molecule has 1 amide bonds. The van der Waals surface area contributed by atoms with E-state index in [1.54, 1.807) is 0 Å². The SMILES string of the molecule is Cc1ccc(CN2CCN(C(=O)c3noc(C)c3COc3ccccc3C)CC2)cc1. The highest BCUT2D eigenvalue weighted by Gasteiger charge is 2.28. The second-order valence-corrected chi connectivity index (χ2v) is 8.17. The van der Waals surface area contributed by atoms with Crippen LogP contribution < -0.4 is 4.74 Å². The van der Waals surface area contributed by atoms with Crippen molar-refractivity contribution in [2.24, 2.45) is 0 Å². The van der Waals surface area contributed by atoms with Crippen molar-refractivity contribution in [3.63, 3.8) is 0 Å². The molecule has 3 aromatic rings. The number of para-hydroxylation sites is 1. The Hall–Kier alpha value is -3.12. The third-order valence-corrected chi connectivity index (χ3v) is 5.84. The summed E-state index contributed by atoms with van der Waals surface area (Å²) in [5.41, 5.74) is 4.69. The van der Waals surface area contributed by atoms with E-state index in [4.69, 9.17) is 9.26 Å². The highest BCUT2D eigenvalue weighted by atomic mass is 16.5. The van der Waals surface area contributed by atoms with Crippen LogP contribution in [0, 0.1) is 20.8 Å². The summed E-state index contributed by atoms with van der Waals surface area (Å²) in [5.74, 6) is 1.33. The van der Waals surface area contributed by atoms with Crippen LogP contribution in [0.1, 0.15) is 38.5 Å². The average molecular weight is 420 g/mol. The van der Waals surface area contributed by atoms with Gasteiger partial charge in [-0.3, -0.25) is 9.69 Å². The predicted octanol–water partition coefficient (Wildman–Crippen LogP) is 4.14. The summed E-state index contributed by atoms with van der Waals surface area (Å²) in [4.78, 5) is 17.4. The molecule has 2 aromatic carbocycles. The lowest BCUT2D eigenvalue weighted by Crippen LogP contribution is -2.48. The Morgan fingerprint density at radius 3 is 2.42 bits per heavy atom. The number of nitrogens with zero attached hydrogens (tertiary/aromatic N) is 3. The first-order valence-corrected chi connectivity index (χ1v) is 10.7. The largest absolute Gasteiger partial charge is 0.488 e. The van der Waals surface area contributed by atoms with Crippen LogP contribution in [-0.4, -0.2) is 47.0 Å². The van der Waals surface area contributed by atoms with Crippen LogP contribution in [0.5, 0.6) is 5.75 Å². The molecular formula is C25H29N3O3. The van der Waals surface area contributed by atoms with Crippen molar-refractivity contribution in [1.82, 2.24) is 15.0 Å². The molecule has 0 radical (unpaired) electrons. The first-order valence-electron chi connectivity index (χ1n) is 10.7. The van der Waals surface area contributed by atoms with Crippen molar-refractivity contribution < 1.29 is 14.1 Å². The van der Waals surface area contributed by atoms with Gasteiger partial charge >= 0.3 is 0 Å². The molecule has 0 N–H and O–H groups in total.